The monoisotopic (exact) mass is 306 g/mol. The standard InChI is InChI=1S/C20H17FNO/c1-12-9-17-15-8-7-14(21)10-19(15)23-20(17)11-16(12)18-6-4-5-13(2)22(18)3/h4-11H,1-3H3/q+1. The number of furan rings is 1. The predicted molar refractivity (Wildman–Crippen MR) is 89.8 cm³/mol. The Morgan fingerprint density at radius 2 is 1.70 bits per heavy atom. The van der Waals surface area contributed by atoms with Crippen molar-refractivity contribution in [2.75, 3.05) is 0 Å². The van der Waals surface area contributed by atoms with E-state index >= 15 is 0 Å². The van der Waals surface area contributed by atoms with Gasteiger partial charge in [-0.25, -0.2) is 4.39 Å². The quantitative estimate of drug-likeness (QED) is 0.460. The van der Waals surface area contributed by atoms with E-state index in [2.05, 4.69) is 55.8 Å². The van der Waals surface area contributed by atoms with Crippen LogP contribution in [-0.4, -0.2) is 0 Å². The minimum atomic E-state index is -0.279. The molecule has 2 heterocycles. The number of hydrogen-bond acceptors (Lipinski definition) is 1. The van der Waals surface area contributed by atoms with Crippen molar-refractivity contribution >= 4 is 21.9 Å². The fraction of sp³-hybridized carbons (Fsp3) is 0.150. The Hall–Kier alpha value is -2.68. The summed E-state index contributed by atoms with van der Waals surface area (Å²) in [4.78, 5) is 0. The van der Waals surface area contributed by atoms with Crippen molar-refractivity contribution in [3.63, 3.8) is 0 Å². The molecular formula is C20H17FNO+. The molecule has 0 saturated carbocycles. The molecule has 0 aliphatic rings. The molecule has 114 valence electrons. The number of hydrogen-bond donors (Lipinski definition) is 0. The fourth-order valence-corrected chi connectivity index (χ4v) is 3.14. The highest BCUT2D eigenvalue weighted by molar-refractivity contribution is 6.06. The van der Waals surface area contributed by atoms with Gasteiger partial charge in [-0.05, 0) is 42.8 Å². The van der Waals surface area contributed by atoms with Crippen LogP contribution in [0.2, 0.25) is 0 Å². The molecule has 2 nitrogen and oxygen atoms in total. The summed E-state index contributed by atoms with van der Waals surface area (Å²) in [6, 6.07) is 15.1. The summed E-state index contributed by atoms with van der Waals surface area (Å²) in [6.45, 7) is 4.18. The lowest BCUT2D eigenvalue weighted by Crippen LogP contribution is -2.34. The van der Waals surface area contributed by atoms with E-state index in [1.165, 1.54) is 23.4 Å². The fourth-order valence-electron chi connectivity index (χ4n) is 3.14. The zero-order valence-corrected chi connectivity index (χ0v) is 13.4. The molecule has 2 aromatic carbocycles. The number of rotatable bonds is 1. The maximum atomic E-state index is 13.4. The first-order chi connectivity index (χ1) is 11.0. The maximum absolute atomic E-state index is 13.4. The summed E-state index contributed by atoms with van der Waals surface area (Å²) in [5.41, 5.74) is 6.00. The van der Waals surface area contributed by atoms with Gasteiger partial charge in [0.15, 0.2) is 5.69 Å². The third-order valence-electron chi connectivity index (χ3n) is 4.54. The first kappa shape index (κ1) is 13.9. The van der Waals surface area contributed by atoms with Crippen LogP contribution in [0.1, 0.15) is 11.3 Å². The van der Waals surface area contributed by atoms with E-state index in [4.69, 9.17) is 4.42 Å². The summed E-state index contributed by atoms with van der Waals surface area (Å²) in [5, 5.41) is 1.97. The van der Waals surface area contributed by atoms with Crippen molar-refractivity contribution in [2.45, 2.75) is 13.8 Å². The van der Waals surface area contributed by atoms with Crippen LogP contribution in [0, 0.1) is 19.7 Å². The number of pyridine rings is 1. The van der Waals surface area contributed by atoms with E-state index in [-0.39, 0.29) is 5.82 Å². The van der Waals surface area contributed by atoms with Gasteiger partial charge in [-0.2, -0.15) is 4.57 Å². The van der Waals surface area contributed by atoms with Crippen molar-refractivity contribution in [3.8, 4) is 11.3 Å². The second-order valence-electron chi connectivity index (χ2n) is 6.02. The number of nitrogens with zero attached hydrogens (tertiary/aromatic N) is 1. The summed E-state index contributed by atoms with van der Waals surface area (Å²) in [5.74, 6) is -0.279. The molecule has 0 radical (unpaired) electrons. The van der Waals surface area contributed by atoms with Crippen LogP contribution in [0.25, 0.3) is 33.2 Å². The predicted octanol–water partition coefficient (Wildman–Crippen LogP) is 4.83. The number of benzene rings is 2. The summed E-state index contributed by atoms with van der Waals surface area (Å²) >= 11 is 0. The SMILES string of the molecule is Cc1cc2c(cc1-c1cccc(C)[n+]1C)oc1cc(F)ccc12. The first-order valence-corrected chi connectivity index (χ1v) is 7.63. The molecule has 0 saturated heterocycles. The van der Waals surface area contributed by atoms with E-state index < -0.39 is 0 Å². The van der Waals surface area contributed by atoms with Gasteiger partial charge in [-0.15, -0.1) is 0 Å². The van der Waals surface area contributed by atoms with E-state index in [0.29, 0.717) is 5.58 Å². The molecule has 2 aromatic heterocycles. The van der Waals surface area contributed by atoms with Gasteiger partial charge < -0.3 is 4.42 Å². The molecule has 0 spiro atoms. The van der Waals surface area contributed by atoms with Crippen molar-refractivity contribution in [3.05, 3.63) is 65.6 Å². The van der Waals surface area contributed by atoms with Gasteiger partial charge in [0.1, 0.15) is 24.0 Å². The van der Waals surface area contributed by atoms with E-state index in [1.807, 2.05) is 0 Å². The normalized spacial score (nSPS) is 11.5. The third-order valence-corrected chi connectivity index (χ3v) is 4.54. The Labute approximate surface area is 133 Å². The molecule has 4 rings (SSSR count). The van der Waals surface area contributed by atoms with Crippen LogP contribution < -0.4 is 4.57 Å². The molecule has 0 fully saturated rings. The molecule has 4 aromatic rings. The van der Waals surface area contributed by atoms with Crippen LogP contribution in [0.15, 0.2) is 52.9 Å². The van der Waals surface area contributed by atoms with Crippen LogP contribution in [0.4, 0.5) is 4.39 Å². The molecule has 0 bridgehead atoms. The average Bonchev–Trinajstić information content (AvgIpc) is 2.86. The minimum absolute atomic E-state index is 0.279. The minimum Gasteiger partial charge on any atom is -0.456 e. The van der Waals surface area contributed by atoms with Gasteiger partial charge >= 0.3 is 0 Å². The topological polar surface area (TPSA) is 17.0 Å². The summed E-state index contributed by atoms with van der Waals surface area (Å²) < 4.78 is 21.5. The van der Waals surface area contributed by atoms with Gasteiger partial charge in [0, 0.05) is 35.9 Å². The molecular weight excluding hydrogens is 289 g/mol. The van der Waals surface area contributed by atoms with Crippen molar-refractivity contribution in [1.82, 2.24) is 0 Å². The molecule has 0 atom stereocenters. The molecule has 0 N–H and O–H groups in total. The Bertz CT molecular complexity index is 1060. The average molecular weight is 306 g/mol. The molecule has 0 amide bonds. The molecule has 0 unspecified atom stereocenters. The van der Waals surface area contributed by atoms with Crippen LogP contribution in [0.5, 0.6) is 0 Å². The number of halogens is 1. The van der Waals surface area contributed by atoms with Gasteiger partial charge in [0.05, 0.1) is 5.56 Å². The van der Waals surface area contributed by atoms with Gasteiger partial charge in [-0.1, -0.05) is 0 Å². The largest absolute Gasteiger partial charge is 0.456 e. The first-order valence-electron chi connectivity index (χ1n) is 7.63. The Morgan fingerprint density at radius 1 is 0.913 bits per heavy atom. The summed E-state index contributed by atoms with van der Waals surface area (Å²) in [6.07, 6.45) is 0. The molecule has 3 heteroatoms. The number of aryl methyl sites for hydroxylation is 2. The van der Waals surface area contributed by atoms with Gasteiger partial charge in [0.25, 0.3) is 0 Å². The Balaban J connectivity index is 2.04. The Kier molecular flexibility index (Phi) is 2.98. The maximum Gasteiger partial charge on any atom is 0.212 e. The van der Waals surface area contributed by atoms with E-state index in [9.17, 15) is 4.39 Å². The lowest BCUT2D eigenvalue weighted by atomic mass is 10.0. The second kappa shape index (κ2) is 4.92. The van der Waals surface area contributed by atoms with Crippen molar-refractivity contribution in [2.24, 2.45) is 7.05 Å². The molecule has 0 aliphatic carbocycles. The highest BCUT2D eigenvalue weighted by Gasteiger charge is 2.17. The highest BCUT2D eigenvalue weighted by Crippen LogP contribution is 2.33. The number of aromatic nitrogens is 1. The number of fused-ring (bicyclic) bond motifs is 3. The van der Waals surface area contributed by atoms with E-state index in [1.54, 1.807) is 6.07 Å². The van der Waals surface area contributed by atoms with Crippen LogP contribution in [-0.2, 0) is 7.05 Å². The lowest BCUT2D eigenvalue weighted by molar-refractivity contribution is -0.666. The highest BCUT2D eigenvalue weighted by atomic mass is 19.1. The molecule has 0 aliphatic heterocycles. The second-order valence-corrected chi connectivity index (χ2v) is 6.02. The molecule has 23 heavy (non-hydrogen) atoms. The summed E-state index contributed by atoms with van der Waals surface area (Å²) in [7, 11) is 2.06. The third kappa shape index (κ3) is 2.12. The van der Waals surface area contributed by atoms with Crippen LogP contribution in [0.3, 0.4) is 0 Å². The van der Waals surface area contributed by atoms with Crippen LogP contribution >= 0.6 is 0 Å². The van der Waals surface area contributed by atoms with Gasteiger partial charge in [-0.3, -0.25) is 0 Å². The smallest absolute Gasteiger partial charge is 0.212 e. The zero-order valence-electron chi connectivity index (χ0n) is 13.4. The lowest BCUT2D eigenvalue weighted by Gasteiger charge is -2.06. The Morgan fingerprint density at radius 3 is 2.52 bits per heavy atom. The van der Waals surface area contributed by atoms with Crippen molar-refractivity contribution < 1.29 is 13.4 Å². The zero-order chi connectivity index (χ0) is 16.1. The van der Waals surface area contributed by atoms with Gasteiger partial charge in [0.2, 0.25) is 5.69 Å². The van der Waals surface area contributed by atoms with E-state index in [0.717, 1.165) is 27.6 Å². The van der Waals surface area contributed by atoms with Crippen molar-refractivity contribution in [1.29, 1.82) is 0 Å².